The predicted octanol–water partition coefficient (Wildman–Crippen LogP) is 3.83. The van der Waals surface area contributed by atoms with E-state index in [1.54, 1.807) is 0 Å². The molecule has 0 spiro atoms. The highest BCUT2D eigenvalue weighted by atomic mass is 127. The minimum Gasteiger partial charge on any atom is -0.354 e. The third-order valence-corrected chi connectivity index (χ3v) is 5.68. The molecule has 30 heavy (non-hydrogen) atoms. The highest BCUT2D eigenvalue weighted by Crippen LogP contribution is 2.19. The fourth-order valence-corrected chi connectivity index (χ4v) is 3.89. The monoisotopic (exact) mass is 526 g/mol. The molecule has 0 saturated heterocycles. The Bertz CT molecular complexity index is 782. The summed E-state index contributed by atoms with van der Waals surface area (Å²) in [5.74, 6) is 0.838. The molecule has 0 saturated carbocycles. The predicted molar refractivity (Wildman–Crippen MR) is 138 cm³/mol. The molecule has 0 bridgehead atoms. The molecule has 0 radical (unpaired) electrons. The van der Waals surface area contributed by atoms with Crippen molar-refractivity contribution in [1.29, 1.82) is 0 Å². The standard InChI is InChI=1S/C23H38N6.HI/c1-8-29(9-2)22(20-13-11-10-12-14-20)16-25-23(24-6)26-17(3)15-21-18(4)27-28(7)19(21)5;/h10-14,17,22H,8-9,15-16H2,1-7H3,(H2,24,25,26);1H. The maximum atomic E-state index is 4.53. The number of hydrogen-bond acceptors (Lipinski definition) is 3. The largest absolute Gasteiger partial charge is 0.354 e. The van der Waals surface area contributed by atoms with Crippen LogP contribution >= 0.6 is 24.0 Å². The molecule has 1 heterocycles. The summed E-state index contributed by atoms with van der Waals surface area (Å²) < 4.78 is 1.96. The van der Waals surface area contributed by atoms with Crippen molar-refractivity contribution < 1.29 is 0 Å². The van der Waals surface area contributed by atoms with E-state index in [-0.39, 0.29) is 30.0 Å². The Balaban J connectivity index is 0.00000450. The number of aromatic nitrogens is 2. The van der Waals surface area contributed by atoms with Gasteiger partial charge in [0.15, 0.2) is 5.96 Å². The van der Waals surface area contributed by atoms with E-state index in [1.165, 1.54) is 16.8 Å². The molecule has 7 heteroatoms. The molecule has 2 atom stereocenters. The van der Waals surface area contributed by atoms with E-state index in [2.05, 4.69) is 90.6 Å². The number of benzene rings is 1. The molecule has 6 nitrogen and oxygen atoms in total. The second-order valence-electron chi connectivity index (χ2n) is 7.62. The number of likely N-dealkylation sites (N-methyl/N-ethyl adjacent to an activating group) is 1. The lowest BCUT2D eigenvalue weighted by Crippen LogP contribution is -2.46. The van der Waals surface area contributed by atoms with Gasteiger partial charge in [-0.2, -0.15) is 5.10 Å². The summed E-state index contributed by atoms with van der Waals surface area (Å²) in [6.45, 7) is 13.7. The van der Waals surface area contributed by atoms with Gasteiger partial charge < -0.3 is 10.6 Å². The third-order valence-electron chi connectivity index (χ3n) is 5.68. The molecular weight excluding hydrogens is 487 g/mol. The lowest BCUT2D eigenvalue weighted by molar-refractivity contribution is 0.219. The van der Waals surface area contributed by atoms with Gasteiger partial charge >= 0.3 is 0 Å². The van der Waals surface area contributed by atoms with Crippen molar-refractivity contribution in [2.24, 2.45) is 12.0 Å². The van der Waals surface area contributed by atoms with Crippen LogP contribution in [0.4, 0.5) is 0 Å². The van der Waals surface area contributed by atoms with Crippen LogP contribution in [0.2, 0.25) is 0 Å². The molecule has 0 aliphatic heterocycles. The van der Waals surface area contributed by atoms with Crippen LogP contribution in [0.1, 0.15) is 49.3 Å². The van der Waals surface area contributed by atoms with Crippen molar-refractivity contribution >= 4 is 29.9 Å². The number of rotatable bonds is 9. The van der Waals surface area contributed by atoms with Crippen molar-refractivity contribution in [3.05, 3.63) is 52.8 Å². The Morgan fingerprint density at radius 1 is 1.17 bits per heavy atom. The van der Waals surface area contributed by atoms with Crippen molar-refractivity contribution in [3.8, 4) is 0 Å². The Labute approximate surface area is 199 Å². The van der Waals surface area contributed by atoms with Gasteiger partial charge in [-0.1, -0.05) is 44.2 Å². The molecule has 0 aliphatic carbocycles. The molecule has 1 aromatic heterocycles. The molecule has 0 amide bonds. The summed E-state index contributed by atoms with van der Waals surface area (Å²) in [7, 11) is 3.83. The summed E-state index contributed by atoms with van der Waals surface area (Å²) in [5.41, 5.74) is 4.97. The summed E-state index contributed by atoms with van der Waals surface area (Å²) in [4.78, 5) is 6.93. The first-order valence-corrected chi connectivity index (χ1v) is 10.7. The van der Waals surface area contributed by atoms with Crippen LogP contribution < -0.4 is 10.6 Å². The summed E-state index contributed by atoms with van der Waals surface area (Å²) in [5, 5.41) is 11.6. The van der Waals surface area contributed by atoms with Crippen LogP contribution in [-0.4, -0.2) is 53.4 Å². The molecule has 2 unspecified atom stereocenters. The zero-order valence-corrected chi connectivity index (χ0v) is 21.9. The second kappa shape index (κ2) is 12.9. The maximum Gasteiger partial charge on any atom is 0.191 e. The molecule has 1 aromatic carbocycles. The second-order valence-corrected chi connectivity index (χ2v) is 7.62. The number of aliphatic imine (C=N–C) groups is 1. The molecular formula is C23H39IN6. The first-order valence-electron chi connectivity index (χ1n) is 10.7. The summed E-state index contributed by atoms with van der Waals surface area (Å²) in [6, 6.07) is 11.3. The number of nitrogens with zero attached hydrogens (tertiary/aromatic N) is 4. The lowest BCUT2D eigenvalue weighted by Gasteiger charge is -2.31. The van der Waals surface area contributed by atoms with Crippen LogP contribution in [0.15, 0.2) is 35.3 Å². The van der Waals surface area contributed by atoms with Crippen LogP contribution in [0.3, 0.4) is 0 Å². The number of aryl methyl sites for hydroxylation is 2. The van der Waals surface area contributed by atoms with Gasteiger partial charge in [-0.25, -0.2) is 0 Å². The van der Waals surface area contributed by atoms with E-state index in [0.29, 0.717) is 6.04 Å². The van der Waals surface area contributed by atoms with Crippen LogP contribution in [-0.2, 0) is 13.5 Å². The van der Waals surface area contributed by atoms with Gasteiger partial charge in [0.2, 0.25) is 0 Å². The van der Waals surface area contributed by atoms with Crippen molar-refractivity contribution in [1.82, 2.24) is 25.3 Å². The van der Waals surface area contributed by atoms with Gasteiger partial charge in [0.1, 0.15) is 0 Å². The normalized spacial score (nSPS) is 13.7. The Kier molecular flexibility index (Phi) is 11.4. The number of nitrogens with one attached hydrogen (secondary N) is 2. The van der Waals surface area contributed by atoms with Crippen molar-refractivity contribution in [3.63, 3.8) is 0 Å². The van der Waals surface area contributed by atoms with Gasteiger partial charge in [0.25, 0.3) is 0 Å². The van der Waals surface area contributed by atoms with Gasteiger partial charge in [-0.15, -0.1) is 24.0 Å². The molecule has 0 fully saturated rings. The van der Waals surface area contributed by atoms with Crippen LogP contribution in [0.25, 0.3) is 0 Å². The SMILES string of the molecule is CCN(CC)C(CNC(=NC)NC(C)Cc1c(C)nn(C)c1C)c1ccccc1.I. The minimum absolute atomic E-state index is 0. The quantitative estimate of drug-likeness (QED) is 0.296. The fourth-order valence-electron chi connectivity index (χ4n) is 3.89. The average Bonchev–Trinajstić information content (AvgIpc) is 2.96. The van der Waals surface area contributed by atoms with Crippen molar-refractivity contribution in [2.75, 3.05) is 26.7 Å². The Morgan fingerprint density at radius 2 is 1.80 bits per heavy atom. The van der Waals surface area contributed by atoms with Crippen molar-refractivity contribution in [2.45, 2.75) is 53.1 Å². The van der Waals surface area contributed by atoms with E-state index in [4.69, 9.17) is 0 Å². The topological polar surface area (TPSA) is 57.5 Å². The number of hydrogen-bond donors (Lipinski definition) is 2. The van der Waals surface area contributed by atoms with E-state index in [1.807, 2.05) is 18.8 Å². The Hall–Kier alpha value is -1.61. The Morgan fingerprint density at radius 3 is 2.30 bits per heavy atom. The molecule has 2 N–H and O–H groups in total. The average molecular weight is 527 g/mol. The smallest absolute Gasteiger partial charge is 0.191 e. The van der Waals surface area contributed by atoms with E-state index >= 15 is 0 Å². The van der Waals surface area contributed by atoms with Gasteiger partial charge in [0, 0.05) is 32.4 Å². The van der Waals surface area contributed by atoms with Gasteiger partial charge in [-0.05, 0) is 51.4 Å². The zero-order chi connectivity index (χ0) is 21.4. The van der Waals surface area contributed by atoms with Gasteiger partial charge in [0.05, 0.1) is 11.7 Å². The lowest BCUT2D eigenvalue weighted by atomic mass is 10.0. The van der Waals surface area contributed by atoms with Crippen LogP contribution in [0.5, 0.6) is 0 Å². The number of halogens is 1. The van der Waals surface area contributed by atoms with E-state index < -0.39 is 0 Å². The first-order chi connectivity index (χ1) is 13.9. The van der Waals surface area contributed by atoms with Crippen LogP contribution in [0, 0.1) is 13.8 Å². The zero-order valence-electron chi connectivity index (χ0n) is 19.6. The maximum absolute atomic E-state index is 4.53. The highest BCUT2D eigenvalue weighted by molar-refractivity contribution is 14.0. The summed E-state index contributed by atoms with van der Waals surface area (Å²) >= 11 is 0. The molecule has 2 rings (SSSR count). The molecule has 168 valence electrons. The fraction of sp³-hybridized carbons (Fsp3) is 0.565. The van der Waals surface area contributed by atoms with Gasteiger partial charge in [-0.3, -0.25) is 14.6 Å². The van der Waals surface area contributed by atoms with E-state index in [0.717, 1.165) is 37.7 Å². The summed E-state index contributed by atoms with van der Waals surface area (Å²) in [6.07, 6.45) is 0.921. The minimum atomic E-state index is 0. The highest BCUT2D eigenvalue weighted by Gasteiger charge is 2.19. The first kappa shape index (κ1) is 26.4. The molecule has 2 aromatic rings. The molecule has 0 aliphatic rings. The number of guanidine groups is 1. The van der Waals surface area contributed by atoms with E-state index in [9.17, 15) is 0 Å². The third kappa shape index (κ3) is 6.97.